The van der Waals surface area contributed by atoms with Gasteiger partial charge in [0.2, 0.25) is 5.91 Å². The third-order valence-corrected chi connectivity index (χ3v) is 4.77. The SMILES string of the molecule is O=C(Cc1c[nH]c2cc(Cl)ccc12)NCC(O)C1CCCC1. The van der Waals surface area contributed by atoms with Crippen molar-refractivity contribution in [1.82, 2.24) is 10.3 Å². The second-order valence-electron chi connectivity index (χ2n) is 6.10. The summed E-state index contributed by atoms with van der Waals surface area (Å²) in [4.78, 5) is 15.2. The quantitative estimate of drug-likeness (QED) is 0.793. The van der Waals surface area contributed by atoms with Gasteiger partial charge in [0.25, 0.3) is 0 Å². The van der Waals surface area contributed by atoms with E-state index in [1.807, 2.05) is 24.4 Å². The molecule has 1 fully saturated rings. The molecule has 0 saturated heterocycles. The molecule has 3 rings (SSSR count). The lowest BCUT2D eigenvalue weighted by molar-refractivity contribution is -0.121. The Morgan fingerprint density at radius 1 is 1.41 bits per heavy atom. The van der Waals surface area contributed by atoms with E-state index < -0.39 is 6.10 Å². The molecule has 22 heavy (non-hydrogen) atoms. The Morgan fingerprint density at radius 3 is 2.95 bits per heavy atom. The zero-order valence-corrected chi connectivity index (χ0v) is 13.2. The number of aromatic amines is 1. The van der Waals surface area contributed by atoms with Gasteiger partial charge in [0.15, 0.2) is 0 Å². The van der Waals surface area contributed by atoms with E-state index >= 15 is 0 Å². The van der Waals surface area contributed by atoms with Crippen molar-refractivity contribution < 1.29 is 9.90 Å². The predicted octanol–water partition coefficient (Wildman–Crippen LogP) is 3.03. The normalized spacial score (nSPS) is 17.0. The number of aromatic nitrogens is 1. The van der Waals surface area contributed by atoms with E-state index in [1.54, 1.807) is 0 Å². The van der Waals surface area contributed by atoms with Crippen LogP contribution in [-0.2, 0) is 11.2 Å². The van der Waals surface area contributed by atoms with Crippen molar-refractivity contribution in [3.05, 3.63) is 35.0 Å². The Labute approximate surface area is 134 Å². The van der Waals surface area contributed by atoms with Crippen molar-refractivity contribution >= 4 is 28.4 Å². The molecule has 0 spiro atoms. The topological polar surface area (TPSA) is 65.1 Å². The lowest BCUT2D eigenvalue weighted by Crippen LogP contribution is -2.36. The molecule has 0 bridgehead atoms. The van der Waals surface area contributed by atoms with Crippen LogP contribution in [-0.4, -0.2) is 28.6 Å². The van der Waals surface area contributed by atoms with Gasteiger partial charge in [-0.05, 0) is 36.5 Å². The van der Waals surface area contributed by atoms with Gasteiger partial charge >= 0.3 is 0 Å². The number of carbonyl (C=O) groups excluding carboxylic acids is 1. The predicted molar refractivity (Wildman–Crippen MR) is 88.0 cm³/mol. The lowest BCUT2D eigenvalue weighted by atomic mass is 10.0. The van der Waals surface area contributed by atoms with Gasteiger partial charge in [-0.15, -0.1) is 0 Å². The van der Waals surface area contributed by atoms with E-state index in [4.69, 9.17) is 11.6 Å². The minimum absolute atomic E-state index is 0.0621. The van der Waals surface area contributed by atoms with Crippen LogP contribution in [0.2, 0.25) is 5.02 Å². The zero-order valence-electron chi connectivity index (χ0n) is 12.4. The van der Waals surface area contributed by atoms with Gasteiger partial charge in [0.05, 0.1) is 12.5 Å². The van der Waals surface area contributed by atoms with E-state index in [2.05, 4.69) is 10.3 Å². The molecule has 1 atom stereocenters. The summed E-state index contributed by atoms with van der Waals surface area (Å²) >= 11 is 5.95. The van der Waals surface area contributed by atoms with Gasteiger partial charge in [-0.2, -0.15) is 0 Å². The summed E-state index contributed by atoms with van der Waals surface area (Å²) in [6, 6.07) is 5.59. The number of halogens is 1. The number of amides is 1. The van der Waals surface area contributed by atoms with Crippen molar-refractivity contribution in [2.75, 3.05) is 6.54 Å². The number of nitrogens with one attached hydrogen (secondary N) is 2. The van der Waals surface area contributed by atoms with E-state index in [0.29, 0.717) is 23.9 Å². The van der Waals surface area contributed by atoms with E-state index in [9.17, 15) is 9.90 Å². The minimum Gasteiger partial charge on any atom is -0.391 e. The molecular weight excluding hydrogens is 300 g/mol. The Balaban J connectivity index is 1.56. The second-order valence-corrected chi connectivity index (χ2v) is 6.53. The van der Waals surface area contributed by atoms with Crippen LogP contribution in [0.5, 0.6) is 0 Å². The Kier molecular flexibility index (Phi) is 4.69. The molecule has 1 aromatic carbocycles. The number of fused-ring (bicyclic) bond motifs is 1. The molecule has 4 nitrogen and oxygen atoms in total. The van der Waals surface area contributed by atoms with Crippen LogP contribution in [0.3, 0.4) is 0 Å². The van der Waals surface area contributed by atoms with Crippen LogP contribution in [0.15, 0.2) is 24.4 Å². The van der Waals surface area contributed by atoms with Crippen molar-refractivity contribution in [3.63, 3.8) is 0 Å². The van der Waals surface area contributed by atoms with Crippen LogP contribution in [0, 0.1) is 5.92 Å². The summed E-state index contributed by atoms with van der Waals surface area (Å²) in [5.41, 5.74) is 1.88. The number of aliphatic hydroxyl groups is 1. The molecule has 2 aromatic rings. The standard InChI is InChI=1S/C17H21ClN2O2/c18-13-5-6-14-12(9-19-15(14)8-13)7-17(22)20-10-16(21)11-3-1-2-4-11/h5-6,8-9,11,16,19,21H,1-4,7,10H2,(H,20,22). The molecule has 1 heterocycles. The number of aliphatic hydroxyl groups excluding tert-OH is 1. The van der Waals surface area contributed by atoms with Gasteiger partial charge < -0.3 is 15.4 Å². The average Bonchev–Trinajstić information content (AvgIpc) is 3.15. The molecule has 1 aliphatic rings. The average molecular weight is 321 g/mol. The molecule has 5 heteroatoms. The summed E-state index contributed by atoms with van der Waals surface area (Å²) in [5, 5.41) is 14.6. The van der Waals surface area contributed by atoms with Gasteiger partial charge in [-0.1, -0.05) is 30.5 Å². The first-order chi connectivity index (χ1) is 10.6. The molecular formula is C17H21ClN2O2. The third kappa shape index (κ3) is 3.45. The number of benzene rings is 1. The highest BCUT2D eigenvalue weighted by Crippen LogP contribution is 2.27. The van der Waals surface area contributed by atoms with E-state index in [0.717, 1.165) is 29.3 Å². The molecule has 1 aromatic heterocycles. The molecule has 3 N–H and O–H groups in total. The molecule has 1 amide bonds. The maximum absolute atomic E-state index is 12.1. The Hall–Kier alpha value is -1.52. The van der Waals surface area contributed by atoms with Gasteiger partial charge in [0, 0.05) is 28.7 Å². The number of carbonyl (C=O) groups is 1. The zero-order chi connectivity index (χ0) is 15.5. The van der Waals surface area contributed by atoms with Crippen molar-refractivity contribution in [2.45, 2.75) is 38.2 Å². The smallest absolute Gasteiger partial charge is 0.224 e. The third-order valence-electron chi connectivity index (χ3n) is 4.53. The highest BCUT2D eigenvalue weighted by Gasteiger charge is 2.23. The Morgan fingerprint density at radius 2 is 2.18 bits per heavy atom. The first kappa shape index (κ1) is 15.4. The maximum atomic E-state index is 12.1. The first-order valence-electron chi connectivity index (χ1n) is 7.84. The maximum Gasteiger partial charge on any atom is 0.224 e. The van der Waals surface area contributed by atoms with Crippen LogP contribution in [0.25, 0.3) is 10.9 Å². The summed E-state index contributed by atoms with van der Waals surface area (Å²) in [7, 11) is 0. The fraction of sp³-hybridized carbons (Fsp3) is 0.471. The fourth-order valence-corrected chi connectivity index (χ4v) is 3.44. The monoisotopic (exact) mass is 320 g/mol. The largest absolute Gasteiger partial charge is 0.391 e. The molecule has 0 radical (unpaired) electrons. The molecule has 118 valence electrons. The molecule has 1 saturated carbocycles. The summed E-state index contributed by atoms with van der Waals surface area (Å²) in [6.07, 6.45) is 6.24. The number of H-pyrrole nitrogens is 1. The fourth-order valence-electron chi connectivity index (χ4n) is 3.27. The highest BCUT2D eigenvalue weighted by atomic mass is 35.5. The van der Waals surface area contributed by atoms with Gasteiger partial charge in [-0.3, -0.25) is 4.79 Å². The first-order valence-corrected chi connectivity index (χ1v) is 8.21. The minimum atomic E-state index is -0.423. The second kappa shape index (κ2) is 6.71. The number of hydrogen-bond acceptors (Lipinski definition) is 2. The van der Waals surface area contributed by atoms with Crippen LogP contribution >= 0.6 is 11.6 Å². The van der Waals surface area contributed by atoms with E-state index in [-0.39, 0.29) is 5.91 Å². The van der Waals surface area contributed by atoms with Crippen LogP contribution in [0.1, 0.15) is 31.2 Å². The van der Waals surface area contributed by atoms with Gasteiger partial charge in [-0.25, -0.2) is 0 Å². The molecule has 0 aliphatic heterocycles. The van der Waals surface area contributed by atoms with Crippen molar-refractivity contribution in [1.29, 1.82) is 0 Å². The summed E-state index contributed by atoms with van der Waals surface area (Å²) in [5.74, 6) is 0.281. The van der Waals surface area contributed by atoms with Crippen molar-refractivity contribution in [3.8, 4) is 0 Å². The van der Waals surface area contributed by atoms with Crippen molar-refractivity contribution in [2.24, 2.45) is 5.92 Å². The highest BCUT2D eigenvalue weighted by molar-refractivity contribution is 6.31. The summed E-state index contributed by atoms with van der Waals surface area (Å²) in [6.45, 7) is 0.345. The number of rotatable bonds is 5. The lowest BCUT2D eigenvalue weighted by Gasteiger charge is -2.17. The summed E-state index contributed by atoms with van der Waals surface area (Å²) < 4.78 is 0. The molecule has 1 aliphatic carbocycles. The van der Waals surface area contributed by atoms with Crippen LogP contribution in [0.4, 0.5) is 0 Å². The van der Waals surface area contributed by atoms with E-state index in [1.165, 1.54) is 12.8 Å². The number of hydrogen-bond donors (Lipinski definition) is 3. The Bertz CT molecular complexity index is 662. The molecule has 1 unspecified atom stereocenters. The van der Waals surface area contributed by atoms with Crippen LogP contribution < -0.4 is 5.32 Å². The van der Waals surface area contributed by atoms with Gasteiger partial charge in [0.1, 0.15) is 0 Å².